The largest absolute Gasteiger partial charge is 0.507 e. The molecule has 9 atom stereocenters. The van der Waals surface area contributed by atoms with E-state index >= 15 is 4.79 Å². The van der Waals surface area contributed by atoms with Crippen LogP contribution in [0.1, 0.15) is 84.8 Å². The fraction of sp³-hybridized carbons (Fsp3) is 0.327. The van der Waals surface area contributed by atoms with Crippen molar-refractivity contribution in [2.75, 3.05) is 27.9 Å². The highest BCUT2D eigenvalue weighted by molar-refractivity contribution is 7.80. The summed E-state index contributed by atoms with van der Waals surface area (Å²) in [6.45, 7) is 2.99. The van der Waals surface area contributed by atoms with Crippen molar-refractivity contribution in [2.45, 2.75) is 81.2 Å². The summed E-state index contributed by atoms with van der Waals surface area (Å²) in [6.07, 6.45) is -4.34. The average Bonchev–Trinajstić information content (AvgIpc) is 3.61. The van der Waals surface area contributed by atoms with Gasteiger partial charge in [0.2, 0.25) is 41.2 Å². The van der Waals surface area contributed by atoms with Crippen LogP contribution >= 0.6 is 35.4 Å². The van der Waals surface area contributed by atoms with Gasteiger partial charge in [-0.3, -0.25) is 28.8 Å². The number of hydrogen-bond donors (Lipinski definition) is 13. The number of ether oxygens (including phenoxy) is 4. The summed E-state index contributed by atoms with van der Waals surface area (Å²) < 4.78 is 23.8. The highest BCUT2D eigenvalue weighted by Crippen LogP contribution is 2.48. The third-order valence-electron chi connectivity index (χ3n) is 13.8. The first-order chi connectivity index (χ1) is 38.5. The molecule has 0 aliphatic carbocycles. The molecule has 23 nitrogen and oxygen atoms in total. The molecule has 6 amide bonds. The number of phenolic OH excluding ortho intramolecular Hbond substituents is 2. The number of rotatable bonds is 10. The van der Waals surface area contributed by atoms with Crippen LogP contribution in [-0.2, 0) is 28.8 Å². The summed E-state index contributed by atoms with van der Waals surface area (Å²) in [5.41, 5.74) is 5.94. The number of aliphatic hydroxyl groups is 3. The van der Waals surface area contributed by atoms with Crippen molar-refractivity contribution >= 4 is 75.9 Å². The van der Waals surface area contributed by atoms with Crippen LogP contribution in [0.3, 0.4) is 0 Å². The number of aliphatic hydroxyl groups excluding tert-OH is 3. The molecule has 5 aromatic carbocycles. The molecule has 9 unspecified atom stereocenters. The molecular weight excluding hydrogens is 1120 g/mol. The Morgan fingerprint density at radius 1 is 0.716 bits per heavy atom. The van der Waals surface area contributed by atoms with Gasteiger partial charge in [0.25, 0.3) is 0 Å². The lowest BCUT2D eigenvalue weighted by Gasteiger charge is -2.32. The molecule has 81 heavy (non-hydrogen) atoms. The maximum atomic E-state index is 15.2. The van der Waals surface area contributed by atoms with E-state index in [0.717, 1.165) is 0 Å². The summed E-state index contributed by atoms with van der Waals surface area (Å²) in [4.78, 5) is 85.6. The Kier molecular flexibility index (Phi) is 18.1. The van der Waals surface area contributed by atoms with Crippen LogP contribution in [-0.4, -0.2) is 118 Å². The van der Waals surface area contributed by atoms with Crippen molar-refractivity contribution < 1.29 is 73.2 Å². The number of likely N-dealkylation sites (N-methyl/N-ethyl adjacent to an activating group) is 1. The molecule has 428 valence electrons. The standard InChI is InChI=1S/C55H58Cl2N8O15S/c1-22(2)12-32(59-3)50(72)63-45-47(69)24-7-10-36(30(56)14-24)79-39-16-26-17-40(49(39)71)80-37-11-8-25(15-31(37)57)48(70)46-54(76)61-34(21-66)28-18-27(77-4)19-38(78-5)42(28)29-13-23(6-9-35(29)67)43(52(74)64-46)65-55(81)44(26)62-51(73)33(20-41(58)68)60-53(45)75/h6-11,13-19,22,32-34,43-48,59,66-67,69-71H,12,20-21H2,1-5H3,(H2,58,68)(H,60,75)(H,61,76)(H,62,73)(H,63,72)(H,64,74)(H,65,81). The van der Waals surface area contributed by atoms with Gasteiger partial charge in [0.1, 0.15) is 76.2 Å². The molecule has 5 aliphatic heterocycles. The van der Waals surface area contributed by atoms with E-state index < -0.39 is 125 Å². The Morgan fingerprint density at radius 3 is 1.90 bits per heavy atom. The van der Waals surface area contributed by atoms with E-state index in [9.17, 15) is 49.5 Å². The van der Waals surface area contributed by atoms with Crippen molar-refractivity contribution in [2.24, 2.45) is 11.7 Å². The van der Waals surface area contributed by atoms with Crippen molar-refractivity contribution in [3.05, 3.63) is 117 Å². The number of phenols is 2. The minimum absolute atomic E-state index is 0.000918. The molecule has 10 rings (SSSR count). The van der Waals surface area contributed by atoms with E-state index in [0.29, 0.717) is 6.42 Å². The van der Waals surface area contributed by atoms with Gasteiger partial charge in [0.15, 0.2) is 11.5 Å². The molecule has 5 heterocycles. The first kappa shape index (κ1) is 59.2. The van der Waals surface area contributed by atoms with E-state index in [1.165, 1.54) is 100 Å². The SMILES string of the molecule is CNC(CC(C)C)C(=O)NC1C(=O)NC(CC(N)=O)C(=O)NC2C(=S)NC3C(=O)NC(C(=O)NC(CO)c4cc(OC)cc(OC)c4-c4cc3ccc4O)C(O)c3ccc(c(Cl)c3)Oc3cc2cc(c3O)Oc2ccc(cc2Cl)C1O. The maximum Gasteiger partial charge on any atom is 0.247 e. The summed E-state index contributed by atoms with van der Waals surface area (Å²) >= 11 is 19.8. The van der Waals surface area contributed by atoms with E-state index in [2.05, 4.69) is 37.2 Å². The second-order valence-corrected chi connectivity index (χ2v) is 21.0. The third kappa shape index (κ3) is 12.7. The smallest absolute Gasteiger partial charge is 0.247 e. The topological polar surface area (TPSA) is 351 Å². The Hall–Kier alpha value is -7.97. The molecule has 11 bridgehead atoms. The lowest BCUT2D eigenvalue weighted by atomic mass is 9.89. The number of primary amides is 1. The lowest BCUT2D eigenvalue weighted by molar-refractivity contribution is -0.136. The van der Waals surface area contributed by atoms with Gasteiger partial charge in [-0.1, -0.05) is 67.5 Å². The summed E-state index contributed by atoms with van der Waals surface area (Å²) in [5, 5.41) is 77.2. The zero-order valence-corrected chi connectivity index (χ0v) is 46.3. The zero-order valence-electron chi connectivity index (χ0n) is 44.0. The second kappa shape index (κ2) is 24.8. The molecule has 5 aromatic rings. The normalized spacial score (nSPS) is 22.3. The van der Waals surface area contributed by atoms with E-state index in [-0.39, 0.29) is 83.7 Å². The third-order valence-corrected chi connectivity index (χ3v) is 14.7. The minimum Gasteiger partial charge on any atom is -0.507 e. The van der Waals surface area contributed by atoms with Gasteiger partial charge >= 0.3 is 0 Å². The van der Waals surface area contributed by atoms with E-state index in [1.807, 2.05) is 13.8 Å². The zero-order chi connectivity index (χ0) is 58.7. The Labute approximate surface area is 478 Å². The Bertz CT molecular complexity index is 3330. The Morgan fingerprint density at radius 2 is 1.33 bits per heavy atom. The number of aromatic hydroxyl groups is 2. The molecule has 0 saturated heterocycles. The molecule has 0 fully saturated rings. The second-order valence-electron chi connectivity index (χ2n) is 19.7. The monoisotopic (exact) mass is 1170 g/mol. The van der Waals surface area contributed by atoms with E-state index in [4.69, 9.17) is 60.1 Å². The fourth-order valence-electron chi connectivity index (χ4n) is 9.62. The molecule has 5 aliphatic rings. The molecule has 0 saturated carbocycles. The first-order valence-electron chi connectivity index (χ1n) is 25.2. The molecule has 0 aromatic heterocycles. The molecule has 26 heteroatoms. The number of fused-ring (bicyclic) bond motifs is 15. The number of methoxy groups -OCH3 is 2. The van der Waals surface area contributed by atoms with Crippen molar-refractivity contribution in [3.8, 4) is 57.1 Å². The number of nitrogens with two attached hydrogens (primary N) is 1. The van der Waals surface area contributed by atoms with Crippen LogP contribution in [0.25, 0.3) is 11.1 Å². The molecular formula is C55H58Cl2N8O15S. The van der Waals surface area contributed by atoms with Crippen LogP contribution in [0.2, 0.25) is 10.0 Å². The minimum atomic E-state index is -1.90. The van der Waals surface area contributed by atoms with Crippen molar-refractivity contribution in [3.63, 3.8) is 0 Å². The average molecular weight is 1170 g/mol. The van der Waals surface area contributed by atoms with Gasteiger partial charge in [0, 0.05) is 17.2 Å². The van der Waals surface area contributed by atoms with Gasteiger partial charge in [-0.2, -0.15) is 0 Å². The van der Waals surface area contributed by atoms with Crippen LogP contribution < -0.4 is 61.9 Å². The van der Waals surface area contributed by atoms with Crippen molar-refractivity contribution in [1.29, 1.82) is 0 Å². The quantitative estimate of drug-likeness (QED) is 0.0886. The van der Waals surface area contributed by atoms with Crippen LogP contribution in [0.15, 0.2) is 78.9 Å². The molecule has 0 radical (unpaired) electrons. The van der Waals surface area contributed by atoms with E-state index in [1.54, 1.807) is 0 Å². The van der Waals surface area contributed by atoms with Gasteiger partial charge < -0.3 is 87.4 Å². The predicted molar refractivity (Wildman–Crippen MR) is 297 cm³/mol. The number of benzene rings is 5. The van der Waals surface area contributed by atoms with Gasteiger partial charge in [-0.15, -0.1) is 0 Å². The number of carbonyl (C=O) groups is 6. The Balaban J connectivity index is 1.36. The van der Waals surface area contributed by atoms with Crippen LogP contribution in [0.5, 0.6) is 46.0 Å². The summed E-state index contributed by atoms with van der Waals surface area (Å²) in [6, 6.07) is 5.94. The number of thiocarbonyl (C=S) groups is 1. The maximum absolute atomic E-state index is 15.2. The lowest BCUT2D eigenvalue weighted by Crippen LogP contribution is -2.59. The predicted octanol–water partition coefficient (Wildman–Crippen LogP) is 3.71. The summed E-state index contributed by atoms with van der Waals surface area (Å²) in [5.74, 6) is -7.96. The van der Waals surface area contributed by atoms with Crippen molar-refractivity contribution in [1.82, 2.24) is 37.2 Å². The number of amides is 6. The number of hydrogen-bond acceptors (Lipinski definition) is 17. The number of nitrogens with one attached hydrogen (secondary N) is 7. The highest BCUT2D eigenvalue weighted by Gasteiger charge is 2.40. The molecule has 0 spiro atoms. The number of carbonyl (C=O) groups excluding carboxylic acids is 6. The first-order valence-corrected chi connectivity index (χ1v) is 26.4. The van der Waals surface area contributed by atoms with Gasteiger partial charge in [-0.05, 0) is 102 Å². The van der Waals surface area contributed by atoms with Gasteiger partial charge in [-0.25, -0.2) is 0 Å². The fourth-order valence-corrected chi connectivity index (χ4v) is 10.4. The number of halogens is 2. The van der Waals surface area contributed by atoms with Gasteiger partial charge in [0.05, 0.1) is 49.4 Å². The summed E-state index contributed by atoms with van der Waals surface area (Å²) in [7, 11) is 4.25. The molecule has 14 N–H and O–H groups in total. The highest BCUT2D eigenvalue weighted by atomic mass is 35.5. The van der Waals surface area contributed by atoms with Crippen LogP contribution in [0.4, 0.5) is 0 Å². The van der Waals surface area contributed by atoms with Crippen LogP contribution in [0, 0.1) is 5.92 Å².